The maximum absolute atomic E-state index is 8.63. The maximum atomic E-state index is 8.63. The minimum Gasteiger partial charge on any atom is -0.496 e. The first-order valence-corrected chi connectivity index (χ1v) is 4.71. The molecule has 1 aromatic carbocycles. The van der Waals surface area contributed by atoms with Crippen LogP contribution in [0.2, 0.25) is 5.02 Å². The van der Waals surface area contributed by atoms with E-state index in [2.05, 4.69) is 5.32 Å². The highest BCUT2D eigenvalue weighted by Crippen LogP contribution is 2.26. The van der Waals surface area contributed by atoms with Crippen LogP contribution in [0.3, 0.4) is 0 Å². The fraction of sp³-hybridized carbons (Fsp3) is 0.400. The van der Waals surface area contributed by atoms with Crippen LogP contribution in [0.15, 0.2) is 12.1 Å². The van der Waals surface area contributed by atoms with Crippen molar-refractivity contribution in [2.45, 2.75) is 13.5 Å². The molecule has 78 valence electrons. The number of methoxy groups -OCH3 is 1. The number of benzene rings is 1. The molecule has 1 aromatic rings. The van der Waals surface area contributed by atoms with E-state index in [0.29, 0.717) is 11.6 Å². The fourth-order valence-electron chi connectivity index (χ4n) is 1.21. The van der Waals surface area contributed by atoms with E-state index in [1.54, 1.807) is 7.11 Å². The molecule has 1 rings (SSSR count). The molecule has 4 heteroatoms. The third-order valence-corrected chi connectivity index (χ3v) is 2.40. The van der Waals surface area contributed by atoms with Gasteiger partial charge in [0.05, 0.1) is 13.8 Å². The number of nitrogens with one attached hydrogen (secondary N) is 1. The summed E-state index contributed by atoms with van der Waals surface area (Å²) in [6, 6.07) is 3.73. The minimum absolute atomic E-state index is 0.0609. The zero-order valence-electron chi connectivity index (χ0n) is 8.30. The number of ether oxygens (including phenoxy) is 1. The summed E-state index contributed by atoms with van der Waals surface area (Å²) in [7, 11) is 1.62. The Morgan fingerprint density at radius 3 is 2.79 bits per heavy atom. The highest BCUT2D eigenvalue weighted by molar-refractivity contribution is 6.31. The van der Waals surface area contributed by atoms with E-state index in [1.165, 1.54) is 0 Å². The maximum Gasteiger partial charge on any atom is 0.123 e. The zero-order chi connectivity index (χ0) is 10.6. The van der Waals surface area contributed by atoms with E-state index in [1.807, 2.05) is 19.1 Å². The molecule has 0 aromatic heterocycles. The van der Waals surface area contributed by atoms with Crippen molar-refractivity contribution in [2.24, 2.45) is 0 Å². The van der Waals surface area contributed by atoms with Crippen LogP contribution in [-0.4, -0.2) is 18.9 Å². The van der Waals surface area contributed by atoms with Crippen molar-refractivity contribution in [1.29, 1.82) is 0 Å². The van der Waals surface area contributed by atoms with Crippen LogP contribution in [0.1, 0.15) is 11.1 Å². The molecule has 0 aliphatic rings. The second kappa shape index (κ2) is 5.20. The van der Waals surface area contributed by atoms with E-state index < -0.39 is 0 Å². The molecule has 0 fully saturated rings. The summed E-state index contributed by atoms with van der Waals surface area (Å²) < 4.78 is 5.20. The standard InChI is InChI=1S/C10H14ClNO2/c1-7-3-10(14-2)8(4-9(7)11)5-12-6-13/h3-4,12-13H,5-6H2,1-2H3. The molecule has 14 heavy (non-hydrogen) atoms. The van der Waals surface area contributed by atoms with Crippen molar-refractivity contribution < 1.29 is 9.84 Å². The molecule has 3 nitrogen and oxygen atoms in total. The van der Waals surface area contributed by atoms with Crippen molar-refractivity contribution >= 4 is 11.6 Å². The highest BCUT2D eigenvalue weighted by Gasteiger charge is 2.05. The topological polar surface area (TPSA) is 41.5 Å². The Bertz CT molecular complexity index is 315. The van der Waals surface area contributed by atoms with Gasteiger partial charge in [-0.3, -0.25) is 5.32 Å². The van der Waals surface area contributed by atoms with E-state index in [0.717, 1.165) is 16.9 Å². The van der Waals surface area contributed by atoms with Gasteiger partial charge < -0.3 is 9.84 Å². The minimum atomic E-state index is -0.0609. The quantitative estimate of drug-likeness (QED) is 0.752. The van der Waals surface area contributed by atoms with Crippen LogP contribution in [0, 0.1) is 6.92 Å². The SMILES string of the molecule is COc1cc(C)c(Cl)cc1CNCO. The van der Waals surface area contributed by atoms with Crippen molar-refractivity contribution in [3.8, 4) is 5.75 Å². The van der Waals surface area contributed by atoms with Crippen LogP contribution in [0.25, 0.3) is 0 Å². The van der Waals surface area contributed by atoms with Gasteiger partial charge in [-0.15, -0.1) is 0 Å². The number of aliphatic hydroxyl groups is 1. The van der Waals surface area contributed by atoms with Gasteiger partial charge in [0.25, 0.3) is 0 Å². The summed E-state index contributed by atoms with van der Waals surface area (Å²) in [6.07, 6.45) is 0. The van der Waals surface area contributed by atoms with Crippen LogP contribution in [0.4, 0.5) is 0 Å². The summed E-state index contributed by atoms with van der Waals surface area (Å²) in [5.41, 5.74) is 1.92. The molecular weight excluding hydrogens is 202 g/mol. The Morgan fingerprint density at radius 2 is 2.21 bits per heavy atom. The van der Waals surface area contributed by atoms with E-state index in [9.17, 15) is 0 Å². The number of aryl methyl sites for hydroxylation is 1. The van der Waals surface area contributed by atoms with Gasteiger partial charge in [0.2, 0.25) is 0 Å². The Hall–Kier alpha value is -0.770. The van der Waals surface area contributed by atoms with E-state index in [-0.39, 0.29) is 6.73 Å². The zero-order valence-corrected chi connectivity index (χ0v) is 9.06. The summed E-state index contributed by atoms with van der Waals surface area (Å²) in [6.45, 7) is 2.41. The lowest BCUT2D eigenvalue weighted by Gasteiger charge is -2.10. The third-order valence-electron chi connectivity index (χ3n) is 1.99. The van der Waals surface area contributed by atoms with E-state index >= 15 is 0 Å². The predicted molar refractivity (Wildman–Crippen MR) is 56.7 cm³/mol. The summed E-state index contributed by atoms with van der Waals surface area (Å²) in [4.78, 5) is 0. The Balaban J connectivity index is 2.95. The van der Waals surface area contributed by atoms with Crippen molar-refractivity contribution in [2.75, 3.05) is 13.8 Å². The van der Waals surface area contributed by atoms with Gasteiger partial charge >= 0.3 is 0 Å². The molecule has 0 spiro atoms. The first-order chi connectivity index (χ1) is 6.69. The molecule has 0 heterocycles. The normalized spacial score (nSPS) is 10.3. The van der Waals surface area contributed by atoms with E-state index in [4.69, 9.17) is 21.4 Å². The van der Waals surface area contributed by atoms with Crippen LogP contribution in [0.5, 0.6) is 5.75 Å². The second-order valence-corrected chi connectivity index (χ2v) is 3.41. The Labute approximate surface area is 88.7 Å². The molecule has 0 aliphatic carbocycles. The summed E-state index contributed by atoms with van der Waals surface area (Å²) in [5, 5.41) is 12.1. The van der Waals surface area contributed by atoms with Crippen LogP contribution in [-0.2, 0) is 6.54 Å². The first kappa shape index (κ1) is 11.3. The number of halogens is 1. The average molecular weight is 216 g/mol. The second-order valence-electron chi connectivity index (χ2n) is 3.00. The third kappa shape index (κ3) is 2.61. The lowest BCUT2D eigenvalue weighted by atomic mass is 10.1. The predicted octanol–water partition coefficient (Wildman–Crippen LogP) is 1.70. The average Bonchev–Trinajstić information content (AvgIpc) is 2.19. The molecular formula is C10H14ClNO2. The van der Waals surface area contributed by atoms with Gasteiger partial charge in [0, 0.05) is 17.1 Å². The Morgan fingerprint density at radius 1 is 1.50 bits per heavy atom. The van der Waals surface area contributed by atoms with Crippen molar-refractivity contribution in [3.63, 3.8) is 0 Å². The molecule has 2 N–H and O–H groups in total. The number of aliphatic hydroxyl groups excluding tert-OH is 1. The molecule has 0 aliphatic heterocycles. The molecule has 0 saturated carbocycles. The van der Waals surface area contributed by atoms with Gasteiger partial charge in [-0.1, -0.05) is 11.6 Å². The molecule has 0 unspecified atom stereocenters. The highest BCUT2D eigenvalue weighted by atomic mass is 35.5. The molecule has 0 radical (unpaired) electrons. The smallest absolute Gasteiger partial charge is 0.123 e. The number of hydrogen-bond donors (Lipinski definition) is 2. The lowest BCUT2D eigenvalue weighted by molar-refractivity contribution is 0.258. The Kier molecular flexibility index (Phi) is 4.20. The summed E-state index contributed by atoms with van der Waals surface area (Å²) >= 11 is 5.98. The first-order valence-electron chi connectivity index (χ1n) is 4.33. The summed E-state index contributed by atoms with van der Waals surface area (Å²) in [5.74, 6) is 0.785. The number of rotatable bonds is 4. The number of hydrogen-bond acceptors (Lipinski definition) is 3. The van der Waals surface area contributed by atoms with Crippen LogP contribution >= 0.6 is 11.6 Å². The van der Waals surface area contributed by atoms with Gasteiger partial charge in [-0.2, -0.15) is 0 Å². The van der Waals surface area contributed by atoms with Gasteiger partial charge in [0.1, 0.15) is 5.75 Å². The monoisotopic (exact) mass is 215 g/mol. The van der Waals surface area contributed by atoms with Gasteiger partial charge in [-0.05, 0) is 24.6 Å². The van der Waals surface area contributed by atoms with Gasteiger partial charge in [0.15, 0.2) is 0 Å². The van der Waals surface area contributed by atoms with Gasteiger partial charge in [-0.25, -0.2) is 0 Å². The largest absolute Gasteiger partial charge is 0.496 e. The van der Waals surface area contributed by atoms with Crippen molar-refractivity contribution in [3.05, 3.63) is 28.3 Å². The van der Waals surface area contributed by atoms with Crippen molar-refractivity contribution in [1.82, 2.24) is 5.32 Å². The molecule has 0 bridgehead atoms. The lowest BCUT2D eigenvalue weighted by Crippen LogP contribution is -2.14. The molecule has 0 atom stereocenters. The van der Waals surface area contributed by atoms with Crippen LogP contribution < -0.4 is 10.1 Å². The molecule has 0 saturated heterocycles. The fourth-order valence-corrected chi connectivity index (χ4v) is 1.40. The molecule has 0 amide bonds.